The van der Waals surface area contributed by atoms with Crippen LogP contribution in [-0.2, 0) is 0 Å². The van der Waals surface area contributed by atoms with Crippen molar-refractivity contribution in [2.24, 2.45) is 5.73 Å². The largest absolute Gasteiger partial charge is 0.319 e. The summed E-state index contributed by atoms with van der Waals surface area (Å²) in [6.07, 6.45) is -1.42. The predicted octanol–water partition coefficient (Wildman–Crippen LogP) is 3.81. The lowest BCUT2D eigenvalue weighted by Crippen LogP contribution is -2.19. The van der Waals surface area contributed by atoms with Gasteiger partial charge in [0.05, 0.1) is 16.6 Å². The molecule has 0 aliphatic rings. The van der Waals surface area contributed by atoms with Crippen LogP contribution in [0.1, 0.15) is 11.6 Å². The Hall–Kier alpha value is -0.970. The molecular formula is C11H8Cl2F2N2. The van der Waals surface area contributed by atoms with E-state index in [0.717, 1.165) is 0 Å². The van der Waals surface area contributed by atoms with Crippen molar-refractivity contribution in [2.45, 2.75) is 12.5 Å². The summed E-state index contributed by atoms with van der Waals surface area (Å²) in [5.74, 6) is 0. The number of nitrogens with zero attached hydrogens (tertiary/aromatic N) is 1. The van der Waals surface area contributed by atoms with Gasteiger partial charge < -0.3 is 5.73 Å². The quantitative estimate of drug-likeness (QED) is 0.906. The Kier molecular flexibility index (Phi) is 3.47. The highest BCUT2D eigenvalue weighted by molar-refractivity contribution is 6.37. The zero-order valence-corrected chi connectivity index (χ0v) is 10.0. The molecule has 2 aromatic rings. The molecule has 0 spiro atoms. The zero-order chi connectivity index (χ0) is 12.6. The van der Waals surface area contributed by atoms with Gasteiger partial charge in [0.2, 0.25) is 0 Å². The van der Waals surface area contributed by atoms with Crippen LogP contribution in [0.3, 0.4) is 0 Å². The Labute approximate surface area is 106 Å². The van der Waals surface area contributed by atoms with E-state index in [-0.39, 0.29) is 10.6 Å². The normalized spacial score (nSPS) is 13.3. The van der Waals surface area contributed by atoms with Crippen LogP contribution < -0.4 is 5.73 Å². The Morgan fingerprint density at radius 3 is 2.59 bits per heavy atom. The van der Waals surface area contributed by atoms with Crippen molar-refractivity contribution in [1.82, 2.24) is 4.98 Å². The summed E-state index contributed by atoms with van der Waals surface area (Å²) in [6.45, 7) is 0. The van der Waals surface area contributed by atoms with Crippen molar-refractivity contribution < 1.29 is 8.78 Å². The third-order valence-corrected chi connectivity index (χ3v) is 3.08. The van der Waals surface area contributed by atoms with Crippen LogP contribution in [-0.4, -0.2) is 11.4 Å². The maximum Gasteiger partial charge on any atom is 0.257 e. The van der Waals surface area contributed by atoms with Crippen molar-refractivity contribution in [3.63, 3.8) is 0 Å². The third-order valence-electron chi connectivity index (χ3n) is 2.42. The first kappa shape index (κ1) is 12.5. The molecule has 0 fully saturated rings. The molecule has 0 aliphatic heterocycles. The molecule has 2 N–H and O–H groups in total. The highest BCUT2D eigenvalue weighted by atomic mass is 35.5. The van der Waals surface area contributed by atoms with E-state index in [1.54, 1.807) is 18.2 Å². The maximum atomic E-state index is 12.5. The second-order valence-corrected chi connectivity index (χ2v) is 4.36. The molecule has 0 saturated carbocycles. The second kappa shape index (κ2) is 4.72. The SMILES string of the molecule is NC(c1cnc2ccc(Cl)cc2c1Cl)C(F)F. The van der Waals surface area contributed by atoms with Gasteiger partial charge in [-0.05, 0) is 18.2 Å². The van der Waals surface area contributed by atoms with Gasteiger partial charge in [0.25, 0.3) is 6.43 Å². The van der Waals surface area contributed by atoms with Gasteiger partial charge in [-0.2, -0.15) is 0 Å². The minimum absolute atomic E-state index is 0.122. The monoisotopic (exact) mass is 276 g/mol. The van der Waals surface area contributed by atoms with Gasteiger partial charge >= 0.3 is 0 Å². The molecule has 6 heteroatoms. The fraction of sp³-hybridized carbons (Fsp3) is 0.182. The highest BCUT2D eigenvalue weighted by Gasteiger charge is 2.21. The second-order valence-electron chi connectivity index (χ2n) is 3.55. The Balaban J connectivity index is 2.64. The Morgan fingerprint density at radius 2 is 1.94 bits per heavy atom. The molecule has 17 heavy (non-hydrogen) atoms. The molecule has 1 atom stereocenters. The van der Waals surface area contributed by atoms with Gasteiger partial charge in [0.15, 0.2) is 0 Å². The van der Waals surface area contributed by atoms with Gasteiger partial charge in [0, 0.05) is 22.2 Å². The van der Waals surface area contributed by atoms with E-state index >= 15 is 0 Å². The smallest absolute Gasteiger partial charge is 0.257 e. The summed E-state index contributed by atoms with van der Waals surface area (Å²) >= 11 is 11.9. The number of rotatable bonds is 2. The summed E-state index contributed by atoms with van der Waals surface area (Å²) in [6, 6.07) is 3.45. The number of halogens is 4. The molecule has 1 unspecified atom stereocenters. The number of nitrogens with two attached hydrogens (primary N) is 1. The van der Waals surface area contributed by atoms with E-state index in [9.17, 15) is 8.78 Å². The van der Waals surface area contributed by atoms with Gasteiger partial charge in [0.1, 0.15) is 0 Å². The number of alkyl halides is 2. The first-order valence-corrected chi connectivity index (χ1v) is 5.53. The van der Waals surface area contributed by atoms with Gasteiger partial charge in [-0.3, -0.25) is 4.98 Å². The van der Waals surface area contributed by atoms with E-state index in [1.807, 2.05) is 0 Å². The Morgan fingerprint density at radius 1 is 1.24 bits per heavy atom. The number of benzene rings is 1. The lowest BCUT2D eigenvalue weighted by atomic mass is 10.1. The maximum absolute atomic E-state index is 12.5. The lowest BCUT2D eigenvalue weighted by molar-refractivity contribution is 0.116. The number of hydrogen-bond donors (Lipinski definition) is 1. The highest BCUT2D eigenvalue weighted by Crippen LogP contribution is 2.32. The summed E-state index contributed by atoms with van der Waals surface area (Å²) in [5.41, 5.74) is 6.07. The molecule has 2 rings (SSSR count). The molecule has 1 aromatic heterocycles. The molecular weight excluding hydrogens is 269 g/mol. The lowest BCUT2D eigenvalue weighted by Gasteiger charge is -2.13. The zero-order valence-electron chi connectivity index (χ0n) is 8.50. The summed E-state index contributed by atoms with van der Waals surface area (Å²) in [4.78, 5) is 4.03. The van der Waals surface area contributed by atoms with Crippen molar-refractivity contribution in [3.8, 4) is 0 Å². The summed E-state index contributed by atoms with van der Waals surface area (Å²) in [5, 5.41) is 1.15. The molecule has 90 valence electrons. The molecule has 0 amide bonds. The molecule has 0 aliphatic carbocycles. The fourth-order valence-corrected chi connectivity index (χ4v) is 2.01. The molecule has 1 aromatic carbocycles. The minimum atomic E-state index is -2.69. The average molecular weight is 277 g/mol. The van der Waals surface area contributed by atoms with Crippen molar-refractivity contribution in [3.05, 3.63) is 40.0 Å². The van der Waals surface area contributed by atoms with E-state index in [4.69, 9.17) is 28.9 Å². The minimum Gasteiger partial charge on any atom is -0.319 e. The molecule has 0 saturated heterocycles. The van der Waals surface area contributed by atoms with Crippen molar-refractivity contribution in [1.29, 1.82) is 0 Å². The standard InChI is InChI=1S/C11H8Cl2F2N2/c12-5-1-2-8-6(3-5)9(13)7(4-17-8)10(16)11(14)15/h1-4,10-11H,16H2. The summed E-state index contributed by atoms with van der Waals surface area (Å²) < 4.78 is 25.1. The van der Waals surface area contributed by atoms with Gasteiger partial charge in [-0.15, -0.1) is 0 Å². The molecule has 2 nitrogen and oxygen atoms in total. The molecule has 0 radical (unpaired) electrons. The average Bonchev–Trinajstić information content (AvgIpc) is 2.29. The van der Waals surface area contributed by atoms with Crippen LogP contribution in [0.5, 0.6) is 0 Å². The first-order chi connectivity index (χ1) is 8.00. The van der Waals surface area contributed by atoms with E-state index in [1.165, 1.54) is 6.20 Å². The van der Waals surface area contributed by atoms with E-state index < -0.39 is 12.5 Å². The van der Waals surface area contributed by atoms with Crippen LogP contribution in [0.15, 0.2) is 24.4 Å². The van der Waals surface area contributed by atoms with E-state index in [0.29, 0.717) is 15.9 Å². The number of pyridine rings is 1. The number of hydrogen-bond acceptors (Lipinski definition) is 2. The van der Waals surface area contributed by atoms with Crippen LogP contribution in [0.2, 0.25) is 10.0 Å². The van der Waals surface area contributed by atoms with Crippen molar-refractivity contribution in [2.75, 3.05) is 0 Å². The van der Waals surface area contributed by atoms with Crippen LogP contribution >= 0.6 is 23.2 Å². The fourth-order valence-electron chi connectivity index (χ4n) is 1.52. The van der Waals surface area contributed by atoms with Crippen LogP contribution in [0.25, 0.3) is 10.9 Å². The Bertz CT molecular complexity index is 560. The first-order valence-electron chi connectivity index (χ1n) is 4.78. The van der Waals surface area contributed by atoms with E-state index in [2.05, 4.69) is 4.98 Å². The number of aromatic nitrogens is 1. The predicted molar refractivity (Wildman–Crippen MR) is 64.7 cm³/mol. The molecule has 0 bridgehead atoms. The van der Waals surface area contributed by atoms with Crippen LogP contribution in [0, 0.1) is 0 Å². The molecule has 1 heterocycles. The van der Waals surface area contributed by atoms with Gasteiger partial charge in [-0.1, -0.05) is 23.2 Å². The number of fused-ring (bicyclic) bond motifs is 1. The van der Waals surface area contributed by atoms with Crippen molar-refractivity contribution >= 4 is 34.1 Å². The van der Waals surface area contributed by atoms with Crippen LogP contribution in [0.4, 0.5) is 8.78 Å². The topological polar surface area (TPSA) is 38.9 Å². The summed E-state index contributed by atoms with van der Waals surface area (Å²) in [7, 11) is 0. The van der Waals surface area contributed by atoms with Gasteiger partial charge in [-0.25, -0.2) is 8.78 Å². The third kappa shape index (κ3) is 2.34.